The first-order chi connectivity index (χ1) is 7.75. The molecule has 1 aromatic rings. The van der Waals surface area contributed by atoms with Gasteiger partial charge in [0.2, 0.25) is 5.91 Å². The average molecular weight is 236 g/mol. The molecule has 1 amide bonds. The molecule has 2 nitrogen and oxygen atoms in total. The SMILES string of the molecule is O=C(Nc1ccc(Cl)cc1)[C@H]1CC=CCC1. The van der Waals surface area contributed by atoms with E-state index in [0.717, 1.165) is 24.9 Å². The van der Waals surface area contributed by atoms with Gasteiger partial charge < -0.3 is 5.32 Å². The lowest BCUT2D eigenvalue weighted by Crippen LogP contribution is -2.23. The summed E-state index contributed by atoms with van der Waals surface area (Å²) >= 11 is 5.78. The fourth-order valence-corrected chi connectivity index (χ4v) is 1.94. The van der Waals surface area contributed by atoms with E-state index in [9.17, 15) is 4.79 Å². The van der Waals surface area contributed by atoms with Crippen LogP contribution in [0.25, 0.3) is 0 Å². The maximum Gasteiger partial charge on any atom is 0.227 e. The molecule has 0 aromatic heterocycles. The molecule has 1 aliphatic rings. The number of benzene rings is 1. The zero-order valence-corrected chi connectivity index (χ0v) is 9.70. The van der Waals surface area contributed by atoms with Crippen LogP contribution in [0.3, 0.4) is 0 Å². The van der Waals surface area contributed by atoms with Crippen LogP contribution in [-0.4, -0.2) is 5.91 Å². The second-order valence-electron chi connectivity index (χ2n) is 3.98. The zero-order valence-electron chi connectivity index (χ0n) is 8.95. The largest absolute Gasteiger partial charge is 0.326 e. The van der Waals surface area contributed by atoms with E-state index in [1.54, 1.807) is 12.1 Å². The molecule has 0 heterocycles. The summed E-state index contributed by atoms with van der Waals surface area (Å²) in [4.78, 5) is 11.9. The van der Waals surface area contributed by atoms with Crippen molar-refractivity contribution in [3.8, 4) is 0 Å². The van der Waals surface area contributed by atoms with Gasteiger partial charge in [-0.05, 0) is 43.5 Å². The number of carbonyl (C=O) groups excluding carboxylic acids is 1. The molecule has 1 aliphatic carbocycles. The summed E-state index contributed by atoms with van der Waals surface area (Å²) < 4.78 is 0. The predicted octanol–water partition coefficient (Wildman–Crippen LogP) is 3.63. The van der Waals surface area contributed by atoms with Crippen LogP contribution < -0.4 is 5.32 Å². The van der Waals surface area contributed by atoms with Gasteiger partial charge in [0.25, 0.3) is 0 Å². The van der Waals surface area contributed by atoms with Crippen molar-refractivity contribution in [2.75, 3.05) is 5.32 Å². The third-order valence-electron chi connectivity index (χ3n) is 2.75. The zero-order chi connectivity index (χ0) is 11.4. The van der Waals surface area contributed by atoms with Crippen molar-refractivity contribution in [2.24, 2.45) is 5.92 Å². The molecule has 3 heteroatoms. The molecule has 2 rings (SSSR count). The minimum absolute atomic E-state index is 0.103. The van der Waals surface area contributed by atoms with E-state index in [2.05, 4.69) is 17.5 Å². The number of rotatable bonds is 2. The summed E-state index contributed by atoms with van der Waals surface area (Å²) in [5, 5.41) is 3.59. The highest BCUT2D eigenvalue weighted by Gasteiger charge is 2.18. The molecule has 16 heavy (non-hydrogen) atoms. The lowest BCUT2D eigenvalue weighted by atomic mass is 9.93. The Labute approximate surface area is 100 Å². The molecule has 0 spiro atoms. The van der Waals surface area contributed by atoms with Crippen LogP contribution in [-0.2, 0) is 4.79 Å². The second-order valence-corrected chi connectivity index (χ2v) is 4.41. The van der Waals surface area contributed by atoms with Crippen molar-refractivity contribution in [3.63, 3.8) is 0 Å². The molecule has 0 aliphatic heterocycles. The summed E-state index contributed by atoms with van der Waals surface area (Å²) in [6.07, 6.45) is 7.00. The summed E-state index contributed by atoms with van der Waals surface area (Å²) in [6.45, 7) is 0. The molecule has 1 atom stereocenters. The second kappa shape index (κ2) is 5.17. The van der Waals surface area contributed by atoms with Gasteiger partial charge in [0.1, 0.15) is 0 Å². The van der Waals surface area contributed by atoms with Gasteiger partial charge >= 0.3 is 0 Å². The quantitative estimate of drug-likeness (QED) is 0.780. The van der Waals surface area contributed by atoms with E-state index >= 15 is 0 Å². The molecule has 0 saturated carbocycles. The number of nitrogens with one attached hydrogen (secondary N) is 1. The number of hydrogen-bond acceptors (Lipinski definition) is 1. The van der Waals surface area contributed by atoms with E-state index in [-0.39, 0.29) is 11.8 Å². The van der Waals surface area contributed by atoms with Crippen molar-refractivity contribution in [1.82, 2.24) is 0 Å². The van der Waals surface area contributed by atoms with Crippen LogP contribution in [0.4, 0.5) is 5.69 Å². The van der Waals surface area contributed by atoms with Crippen LogP contribution in [0.15, 0.2) is 36.4 Å². The van der Waals surface area contributed by atoms with Gasteiger partial charge in [-0.15, -0.1) is 0 Å². The number of allylic oxidation sites excluding steroid dienone is 2. The molecule has 0 bridgehead atoms. The Morgan fingerprint density at radius 1 is 1.25 bits per heavy atom. The van der Waals surface area contributed by atoms with Crippen LogP contribution >= 0.6 is 11.6 Å². The maximum absolute atomic E-state index is 11.9. The minimum Gasteiger partial charge on any atom is -0.326 e. The number of hydrogen-bond donors (Lipinski definition) is 1. The maximum atomic E-state index is 11.9. The molecular formula is C13H14ClNO. The molecular weight excluding hydrogens is 222 g/mol. The third-order valence-corrected chi connectivity index (χ3v) is 3.00. The van der Waals surface area contributed by atoms with Crippen LogP contribution in [0.2, 0.25) is 5.02 Å². The lowest BCUT2D eigenvalue weighted by molar-refractivity contribution is -0.120. The molecule has 0 unspecified atom stereocenters. The monoisotopic (exact) mass is 235 g/mol. The van der Waals surface area contributed by atoms with Gasteiger partial charge in [-0.1, -0.05) is 23.8 Å². The standard InChI is InChI=1S/C13H14ClNO/c14-11-6-8-12(9-7-11)15-13(16)10-4-2-1-3-5-10/h1-2,6-10H,3-5H2,(H,15,16)/t10-/m0/s1. The van der Waals surface area contributed by atoms with Crippen LogP contribution in [0.1, 0.15) is 19.3 Å². The third kappa shape index (κ3) is 2.86. The number of carbonyl (C=O) groups is 1. The van der Waals surface area contributed by atoms with Crippen molar-refractivity contribution >= 4 is 23.2 Å². The van der Waals surface area contributed by atoms with E-state index < -0.39 is 0 Å². The minimum atomic E-state index is 0.103. The van der Waals surface area contributed by atoms with Gasteiger partial charge in [-0.3, -0.25) is 4.79 Å². The molecule has 0 saturated heterocycles. The normalized spacial score (nSPS) is 19.4. The van der Waals surface area contributed by atoms with Crippen molar-refractivity contribution in [3.05, 3.63) is 41.4 Å². The predicted molar refractivity (Wildman–Crippen MR) is 66.6 cm³/mol. The fraction of sp³-hybridized carbons (Fsp3) is 0.308. The van der Waals surface area contributed by atoms with E-state index in [1.165, 1.54) is 0 Å². The van der Waals surface area contributed by atoms with Crippen molar-refractivity contribution in [2.45, 2.75) is 19.3 Å². The smallest absolute Gasteiger partial charge is 0.227 e. The van der Waals surface area contributed by atoms with Gasteiger partial charge in [0.15, 0.2) is 0 Å². The first-order valence-electron chi connectivity index (χ1n) is 5.47. The number of anilines is 1. The molecule has 84 valence electrons. The Bertz CT molecular complexity index is 397. The van der Waals surface area contributed by atoms with E-state index in [1.807, 2.05) is 12.1 Å². The Hall–Kier alpha value is -1.28. The summed E-state index contributed by atoms with van der Waals surface area (Å²) in [5.41, 5.74) is 0.809. The number of amides is 1. The fourth-order valence-electron chi connectivity index (χ4n) is 1.81. The Balaban J connectivity index is 1.96. The highest BCUT2D eigenvalue weighted by atomic mass is 35.5. The summed E-state index contributed by atoms with van der Waals surface area (Å²) in [5.74, 6) is 0.215. The Morgan fingerprint density at radius 2 is 2.00 bits per heavy atom. The van der Waals surface area contributed by atoms with Gasteiger partial charge in [-0.2, -0.15) is 0 Å². The van der Waals surface area contributed by atoms with Gasteiger partial charge in [-0.25, -0.2) is 0 Å². The summed E-state index contributed by atoms with van der Waals surface area (Å²) in [6, 6.07) is 7.19. The van der Waals surface area contributed by atoms with Crippen molar-refractivity contribution < 1.29 is 4.79 Å². The first-order valence-corrected chi connectivity index (χ1v) is 5.85. The van der Waals surface area contributed by atoms with E-state index in [0.29, 0.717) is 5.02 Å². The topological polar surface area (TPSA) is 29.1 Å². The molecule has 0 radical (unpaired) electrons. The first kappa shape index (κ1) is 11.2. The molecule has 0 fully saturated rings. The van der Waals surface area contributed by atoms with Crippen LogP contribution in [0.5, 0.6) is 0 Å². The van der Waals surface area contributed by atoms with Gasteiger partial charge in [0.05, 0.1) is 0 Å². The van der Waals surface area contributed by atoms with E-state index in [4.69, 9.17) is 11.6 Å². The highest BCUT2D eigenvalue weighted by molar-refractivity contribution is 6.30. The highest BCUT2D eigenvalue weighted by Crippen LogP contribution is 2.20. The van der Waals surface area contributed by atoms with Gasteiger partial charge in [0, 0.05) is 16.6 Å². The lowest BCUT2D eigenvalue weighted by Gasteiger charge is -2.17. The van der Waals surface area contributed by atoms with Crippen LogP contribution in [0, 0.1) is 5.92 Å². The number of halogens is 1. The average Bonchev–Trinajstić information content (AvgIpc) is 2.33. The van der Waals surface area contributed by atoms with Crippen molar-refractivity contribution in [1.29, 1.82) is 0 Å². The Morgan fingerprint density at radius 3 is 2.62 bits per heavy atom. The molecule has 1 aromatic carbocycles. The summed E-state index contributed by atoms with van der Waals surface area (Å²) in [7, 11) is 0. The molecule has 1 N–H and O–H groups in total. The Kier molecular flexibility index (Phi) is 3.62.